The van der Waals surface area contributed by atoms with Crippen molar-refractivity contribution < 1.29 is 14.3 Å². The van der Waals surface area contributed by atoms with Crippen LogP contribution in [0.2, 0.25) is 0 Å². The topological polar surface area (TPSA) is 85.7 Å². The van der Waals surface area contributed by atoms with Gasteiger partial charge in [-0.3, -0.25) is 14.2 Å². The molecule has 1 saturated heterocycles. The predicted octanol–water partition coefficient (Wildman–Crippen LogP) is 2.19. The number of nitrogens with one attached hydrogen (secondary N) is 1. The summed E-state index contributed by atoms with van der Waals surface area (Å²) in [5.74, 6) is 0.595. The largest absolute Gasteiger partial charge is 0.495 e. The number of nitrogens with zero attached hydrogens (tertiary/aromatic N) is 3. The summed E-state index contributed by atoms with van der Waals surface area (Å²) < 4.78 is 12.2. The molecule has 0 saturated carbocycles. The SMILES string of the molecule is COc1ccc(C)cc1NC(=O)Cn1c(=O)c(N2CCOCC2)nc2ccccc21. The smallest absolute Gasteiger partial charge is 0.294 e. The molecule has 3 aromatic rings. The van der Waals surface area contributed by atoms with Crippen molar-refractivity contribution in [2.75, 3.05) is 43.6 Å². The van der Waals surface area contributed by atoms with Gasteiger partial charge in [-0.2, -0.15) is 0 Å². The lowest BCUT2D eigenvalue weighted by Gasteiger charge is -2.28. The van der Waals surface area contributed by atoms with E-state index in [0.717, 1.165) is 5.56 Å². The Morgan fingerprint density at radius 1 is 1.20 bits per heavy atom. The fourth-order valence-electron chi connectivity index (χ4n) is 3.57. The van der Waals surface area contributed by atoms with Crippen LogP contribution in [-0.4, -0.2) is 48.9 Å². The highest BCUT2D eigenvalue weighted by atomic mass is 16.5. The van der Waals surface area contributed by atoms with Crippen molar-refractivity contribution in [3.63, 3.8) is 0 Å². The number of para-hydroxylation sites is 2. The molecule has 1 fully saturated rings. The Morgan fingerprint density at radius 2 is 1.97 bits per heavy atom. The van der Waals surface area contributed by atoms with Crippen LogP contribution < -0.4 is 20.5 Å². The number of aryl methyl sites for hydroxylation is 1. The van der Waals surface area contributed by atoms with Crippen molar-refractivity contribution >= 4 is 28.4 Å². The van der Waals surface area contributed by atoms with E-state index in [0.29, 0.717) is 54.6 Å². The van der Waals surface area contributed by atoms with Gasteiger partial charge >= 0.3 is 0 Å². The zero-order valence-electron chi connectivity index (χ0n) is 17.1. The first-order valence-electron chi connectivity index (χ1n) is 9.83. The number of hydrogen-bond donors (Lipinski definition) is 1. The number of methoxy groups -OCH3 is 1. The van der Waals surface area contributed by atoms with Crippen LogP contribution in [0.25, 0.3) is 11.0 Å². The normalized spacial score (nSPS) is 14.0. The zero-order chi connectivity index (χ0) is 21.1. The van der Waals surface area contributed by atoms with Crippen LogP contribution in [0.1, 0.15) is 5.56 Å². The minimum absolute atomic E-state index is 0.129. The molecule has 8 heteroatoms. The lowest BCUT2D eigenvalue weighted by Crippen LogP contribution is -2.42. The van der Waals surface area contributed by atoms with Gasteiger partial charge in [0.25, 0.3) is 5.56 Å². The summed E-state index contributed by atoms with van der Waals surface area (Å²) in [6.45, 7) is 4.07. The van der Waals surface area contributed by atoms with Crippen LogP contribution >= 0.6 is 0 Å². The van der Waals surface area contributed by atoms with Crippen molar-refractivity contribution in [3.8, 4) is 5.75 Å². The molecule has 1 amide bonds. The van der Waals surface area contributed by atoms with Crippen molar-refractivity contribution in [3.05, 3.63) is 58.4 Å². The van der Waals surface area contributed by atoms with E-state index in [1.807, 2.05) is 42.2 Å². The van der Waals surface area contributed by atoms with Crippen LogP contribution in [0, 0.1) is 6.92 Å². The van der Waals surface area contributed by atoms with Crippen LogP contribution in [0.15, 0.2) is 47.3 Å². The molecule has 0 unspecified atom stereocenters. The fourth-order valence-corrected chi connectivity index (χ4v) is 3.57. The Hall–Kier alpha value is -3.39. The van der Waals surface area contributed by atoms with E-state index in [1.165, 1.54) is 4.57 Å². The molecular weight excluding hydrogens is 384 g/mol. The van der Waals surface area contributed by atoms with Crippen LogP contribution in [0.3, 0.4) is 0 Å². The molecule has 0 radical (unpaired) electrons. The third kappa shape index (κ3) is 3.99. The van der Waals surface area contributed by atoms with Gasteiger partial charge in [0.2, 0.25) is 5.91 Å². The summed E-state index contributed by atoms with van der Waals surface area (Å²) in [6, 6.07) is 12.9. The van der Waals surface area contributed by atoms with E-state index in [4.69, 9.17) is 9.47 Å². The average Bonchev–Trinajstić information content (AvgIpc) is 2.76. The summed E-state index contributed by atoms with van der Waals surface area (Å²) >= 11 is 0. The highest BCUT2D eigenvalue weighted by Gasteiger charge is 2.20. The number of aromatic nitrogens is 2. The van der Waals surface area contributed by atoms with Gasteiger partial charge in [0, 0.05) is 13.1 Å². The minimum atomic E-state index is -0.315. The van der Waals surface area contributed by atoms with Gasteiger partial charge in [-0.1, -0.05) is 18.2 Å². The molecule has 30 heavy (non-hydrogen) atoms. The summed E-state index contributed by atoms with van der Waals surface area (Å²) in [5, 5.41) is 2.86. The van der Waals surface area contributed by atoms with Gasteiger partial charge in [0.1, 0.15) is 12.3 Å². The molecule has 4 rings (SSSR count). The number of benzene rings is 2. The Labute approximate surface area is 174 Å². The molecule has 0 aliphatic carbocycles. The van der Waals surface area contributed by atoms with E-state index in [1.54, 1.807) is 19.2 Å². The molecule has 8 nitrogen and oxygen atoms in total. The molecule has 1 N–H and O–H groups in total. The number of anilines is 2. The van der Waals surface area contributed by atoms with Crippen molar-refractivity contribution in [1.82, 2.24) is 9.55 Å². The number of ether oxygens (including phenoxy) is 2. The van der Waals surface area contributed by atoms with E-state index < -0.39 is 0 Å². The minimum Gasteiger partial charge on any atom is -0.495 e. The number of carbonyl (C=O) groups excluding carboxylic acids is 1. The summed E-state index contributed by atoms with van der Waals surface area (Å²) in [7, 11) is 1.55. The first kappa shape index (κ1) is 19.9. The predicted molar refractivity (Wildman–Crippen MR) is 115 cm³/mol. The molecule has 156 valence electrons. The summed E-state index contributed by atoms with van der Waals surface area (Å²) in [5.41, 5.74) is 2.56. The number of rotatable bonds is 5. The van der Waals surface area contributed by atoms with Crippen molar-refractivity contribution in [2.45, 2.75) is 13.5 Å². The molecule has 1 aliphatic rings. The number of morpholine rings is 1. The van der Waals surface area contributed by atoms with Gasteiger partial charge in [-0.15, -0.1) is 0 Å². The third-order valence-corrected chi connectivity index (χ3v) is 5.08. The highest BCUT2D eigenvalue weighted by Crippen LogP contribution is 2.25. The molecule has 0 bridgehead atoms. The van der Waals surface area contributed by atoms with Crippen molar-refractivity contribution in [1.29, 1.82) is 0 Å². The summed E-state index contributed by atoms with van der Waals surface area (Å²) in [4.78, 5) is 32.6. The quantitative estimate of drug-likeness (QED) is 0.697. The second-order valence-corrected chi connectivity index (χ2v) is 7.17. The molecule has 2 aromatic carbocycles. The van der Waals surface area contributed by atoms with E-state index >= 15 is 0 Å². The maximum Gasteiger partial charge on any atom is 0.294 e. The monoisotopic (exact) mass is 408 g/mol. The lowest BCUT2D eigenvalue weighted by atomic mass is 10.2. The first-order valence-corrected chi connectivity index (χ1v) is 9.83. The second kappa shape index (κ2) is 8.54. The van der Waals surface area contributed by atoms with Gasteiger partial charge in [0.15, 0.2) is 5.82 Å². The molecule has 0 atom stereocenters. The fraction of sp³-hybridized carbons (Fsp3) is 0.318. The number of amides is 1. The Kier molecular flexibility index (Phi) is 5.67. The van der Waals surface area contributed by atoms with E-state index in [-0.39, 0.29) is 18.0 Å². The van der Waals surface area contributed by atoms with Gasteiger partial charge < -0.3 is 19.7 Å². The Balaban J connectivity index is 1.69. The summed E-state index contributed by atoms with van der Waals surface area (Å²) in [6.07, 6.45) is 0. The molecule has 0 spiro atoms. The van der Waals surface area contributed by atoms with Crippen LogP contribution in [0.4, 0.5) is 11.5 Å². The number of hydrogen-bond acceptors (Lipinski definition) is 6. The lowest BCUT2D eigenvalue weighted by molar-refractivity contribution is -0.116. The van der Waals surface area contributed by atoms with Gasteiger partial charge in [-0.05, 0) is 36.8 Å². The molecule has 2 heterocycles. The van der Waals surface area contributed by atoms with Gasteiger partial charge in [-0.25, -0.2) is 4.98 Å². The highest BCUT2D eigenvalue weighted by molar-refractivity contribution is 5.93. The zero-order valence-corrected chi connectivity index (χ0v) is 17.1. The maximum absolute atomic E-state index is 13.3. The Morgan fingerprint density at radius 3 is 2.73 bits per heavy atom. The average molecular weight is 408 g/mol. The second-order valence-electron chi connectivity index (χ2n) is 7.17. The van der Waals surface area contributed by atoms with Crippen LogP contribution in [0.5, 0.6) is 5.75 Å². The van der Waals surface area contributed by atoms with Crippen molar-refractivity contribution in [2.24, 2.45) is 0 Å². The molecule has 1 aromatic heterocycles. The van der Waals surface area contributed by atoms with E-state index in [9.17, 15) is 9.59 Å². The standard InChI is InChI=1S/C22H24N4O4/c1-15-7-8-19(29-2)17(13-15)23-20(27)14-26-18-6-4-3-5-16(18)24-21(22(26)28)25-9-11-30-12-10-25/h3-8,13H,9-12,14H2,1-2H3,(H,23,27). The molecule has 1 aliphatic heterocycles. The third-order valence-electron chi connectivity index (χ3n) is 5.08. The van der Waals surface area contributed by atoms with E-state index in [2.05, 4.69) is 10.3 Å². The van der Waals surface area contributed by atoms with Gasteiger partial charge in [0.05, 0.1) is 37.0 Å². The Bertz CT molecular complexity index is 1140. The van der Waals surface area contributed by atoms with Crippen LogP contribution in [-0.2, 0) is 16.1 Å². The molecular formula is C22H24N4O4. The maximum atomic E-state index is 13.3. The first-order chi connectivity index (χ1) is 14.6. The number of carbonyl (C=O) groups is 1. The number of fused-ring (bicyclic) bond motifs is 1.